The van der Waals surface area contributed by atoms with Gasteiger partial charge in [0.1, 0.15) is 11.8 Å². The maximum absolute atomic E-state index is 12.7. The molecule has 120 valence electrons. The molecule has 8 heteroatoms. The highest BCUT2D eigenvalue weighted by Crippen LogP contribution is 2.35. The molecule has 23 heavy (non-hydrogen) atoms. The minimum absolute atomic E-state index is 0.0134. The Morgan fingerprint density at radius 2 is 2.17 bits per heavy atom. The fourth-order valence-electron chi connectivity index (χ4n) is 2.66. The van der Waals surface area contributed by atoms with E-state index in [0.717, 1.165) is 41.8 Å². The van der Waals surface area contributed by atoms with Gasteiger partial charge in [-0.2, -0.15) is 18.4 Å². The van der Waals surface area contributed by atoms with Crippen molar-refractivity contribution in [2.24, 2.45) is 0 Å². The quantitative estimate of drug-likeness (QED) is 0.835. The zero-order valence-corrected chi connectivity index (χ0v) is 12.9. The molecule has 0 saturated carbocycles. The molecule has 0 spiro atoms. The van der Waals surface area contributed by atoms with Crippen molar-refractivity contribution in [3.63, 3.8) is 0 Å². The van der Waals surface area contributed by atoms with Crippen LogP contribution in [0.5, 0.6) is 0 Å². The van der Waals surface area contributed by atoms with Crippen LogP contribution >= 0.6 is 11.3 Å². The SMILES string of the molecule is N#Cc1ccc(N2CCCC(c3nc(C(F)(F)F)cs3)C2)cn1. The molecule has 1 aliphatic rings. The predicted molar refractivity (Wildman–Crippen MR) is 80.3 cm³/mol. The van der Waals surface area contributed by atoms with Crippen molar-refractivity contribution in [1.29, 1.82) is 5.26 Å². The van der Waals surface area contributed by atoms with Crippen LogP contribution in [0.15, 0.2) is 23.7 Å². The second kappa shape index (κ2) is 6.16. The molecule has 0 amide bonds. The largest absolute Gasteiger partial charge is 0.434 e. The second-order valence-corrected chi connectivity index (χ2v) is 6.26. The first-order valence-corrected chi connectivity index (χ1v) is 7.99. The number of anilines is 1. The van der Waals surface area contributed by atoms with Gasteiger partial charge in [-0.25, -0.2) is 9.97 Å². The molecule has 0 aromatic carbocycles. The number of halogens is 3. The van der Waals surface area contributed by atoms with Crippen LogP contribution in [0.4, 0.5) is 18.9 Å². The molecule has 2 aromatic rings. The number of piperidine rings is 1. The molecule has 1 unspecified atom stereocenters. The highest BCUT2D eigenvalue weighted by molar-refractivity contribution is 7.09. The molecule has 3 heterocycles. The lowest BCUT2D eigenvalue weighted by Crippen LogP contribution is -2.34. The minimum atomic E-state index is -4.39. The predicted octanol–water partition coefficient (Wildman–Crippen LogP) is 3.81. The number of nitriles is 1. The monoisotopic (exact) mass is 338 g/mol. The Balaban J connectivity index is 1.75. The number of aromatic nitrogens is 2. The fourth-order valence-corrected chi connectivity index (χ4v) is 3.61. The number of pyridine rings is 1. The Hall–Kier alpha value is -2.14. The van der Waals surface area contributed by atoms with Gasteiger partial charge in [-0.05, 0) is 25.0 Å². The molecular weight excluding hydrogens is 325 g/mol. The summed E-state index contributed by atoms with van der Waals surface area (Å²) in [5.74, 6) is -0.0134. The standard InChI is InChI=1S/C15H13F3N4S/c16-15(17,18)13-9-23-14(21-13)10-2-1-5-22(8-10)12-4-3-11(6-19)20-7-12/h3-4,7,9-10H,1-2,5,8H2. The molecule has 0 radical (unpaired) electrons. The van der Waals surface area contributed by atoms with Gasteiger partial charge in [-0.1, -0.05) is 0 Å². The van der Waals surface area contributed by atoms with Crippen molar-refractivity contribution in [1.82, 2.24) is 9.97 Å². The summed E-state index contributed by atoms with van der Waals surface area (Å²) in [6.45, 7) is 1.43. The van der Waals surface area contributed by atoms with Gasteiger partial charge in [-0.3, -0.25) is 0 Å². The topological polar surface area (TPSA) is 52.8 Å². The van der Waals surface area contributed by atoms with E-state index in [-0.39, 0.29) is 5.92 Å². The van der Waals surface area contributed by atoms with E-state index in [4.69, 9.17) is 5.26 Å². The number of hydrogen-bond acceptors (Lipinski definition) is 5. The van der Waals surface area contributed by atoms with E-state index in [1.54, 1.807) is 12.3 Å². The molecule has 0 bridgehead atoms. The van der Waals surface area contributed by atoms with E-state index in [0.29, 0.717) is 17.2 Å². The lowest BCUT2D eigenvalue weighted by molar-refractivity contribution is -0.140. The number of alkyl halides is 3. The van der Waals surface area contributed by atoms with Gasteiger partial charge in [0.15, 0.2) is 5.69 Å². The lowest BCUT2D eigenvalue weighted by Gasteiger charge is -2.33. The molecule has 1 saturated heterocycles. The van der Waals surface area contributed by atoms with Gasteiger partial charge in [-0.15, -0.1) is 11.3 Å². The van der Waals surface area contributed by atoms with E-state index in [1.807, 2.05) is 12.1 Å². The third-order valence-corrected chi connectivity index (χ3v) is 4.82. The average molecular weight is 338 g/mol. The number of hydrogen-bond donors (Lipinski definition) is 0. The van der Waals surface area contributed by atoms with Crippen molar-refractivity contribution in [3.8, 4) is 6.07 Å². The van der Waals surface area contributed by atoms with Gasteiger partial charge in [0.25, 0.3) is 0 Å². The normalized spacial score (nSPS) is 18.7. The summed E-state index contributed by atoms with van der Waals surface area (Å²) in [6, 6.07) is 5.42. The Kier molecular flexibility index (Phi) is 4.22. The van der Waals surface area contributed by atoms with E-state index >= 15 is 0 Å². The maximum atomic E-state index is 12.7. The average Bonchev–Trinajstić information content (AvgIpc) is 3.05. The van der Waals surface area contributed by atoms with Gasteiger partial charge in [0.2, 0.25) is 0 Å². The summed E-state index contributed by atoms with van der Waals surface area (Å²) in [4.78, 5) is 9.89. The van der Waals surface area contributed by atoms with Gasteiger partial charge in [0, 0.05) is 24.4 Å². The van der Waals surface area contributed by atoms with Crippen molar-refractivity contribution < 1.29 is 13.2 Å². The molecule has 3 rings (SSSR count). The molecule has 0 N–H and O–H groups in total. The summed E-state index contributed by atoms with van der Waals surface area (Å²) in [6.07, 6.45) is -1.05. The van der Waals surface area contributed by atoms with Gasteiger partial charge >= 0.3 is 6.18 Å². The lowest BCUT2D eigenvalue weighted by atomic mass is 9.98. The maximum Gasteiger partial charge on any atom is 0.434 e. The smallest absolute Gasteiger partial charge is 0.370 e. The first-order valence-electron chi connectivity index (χ1n) is 7.11. The summed E-state index contributed by atoms with van der Waals surface area (Å²) >= 11 is 1.07. The minimum Gasteiger partial charge on any atom is -0.370 e. The van der Waals surface area contributed by atoms with Crippen LogP contribution in [-0.2, 0) is 6.18 Å². The Morgan fingerprint density at radius 1 is 1.35 bits per heavy atom. The summed E-state index contributed by atoms with van der Waals surface area (Å²) < 4.78 is 38.0. The van der Waals surface area contributed by atoms with E-state index < -0.39 is 11.9 Å². The van der Waals surface area contributed by atoms with E-state index in [9.17, 15) is 13.2 Å². The van der Waals surface area contributed by atoms with Crippen LogP contribution in [0.25, 0.3) is 0 Å². The highest BCUT2D eigenvalue weighted by atomic mass is 32.1. The van der Waals surface area contributed by atoms with E-state index in [1.165, 1.54) is 0 Å². The third kappa shape index (κ3) is 3.45. The zero-order valence-electron chi connectivity index (χ0n) is 12.0. The molecular formula is C15H13F3N4S. The molecule has 1 fully saturated rings. The van der Waals surface area contributed by atoms with Crippen molar-refractivity contribution in [3.05, 3.63) is 40.1 Å². The second-order valence-electron chi connectivity index (χ2n) is 5.37. The number of thiazole rings is 1. The van der Waals surface area contributed by atoms with Gasteiger partial charge in [0.05, 0.1) is 16.9 Å². The van der Waals surface area contributed by atoms with Crippen LogP contribution < -0.4 is 4.90 Å². The van der Waals surface area contributed by atoms with Crippen LogP contribution in [0, 0.1) is 11.3 Å². The molecule has 1 atom stereocenters. The number of nitrogens with zero attached hydrogens (tertiary/aromatic N) is 4. The highest BCUT2D eigenvalue weighted by Gasteiger charge is 2.35. The third-order valence-electron chi connectivity index (χ3n) is 3.81. The molecule has 0 aliphatic carbocycles. The Labute approximate surface area is 135 Å². The zero-order chi connectivity index (χ0) is 16.4. The number of rotatable bonds is 2. The summed E-state index contributed by atoms with van der Waals surface area (Å²) in [7, 11) is 0. The molecule has 2 aromatic heterocycles. The van der Waals surface area contributed by atoms with Crippen LogP contribution in [0.1, 0.15) is 35.2 Å². The first-order chi connectivity index (χ1) is 11.0. The van der Waals surface area contributed by atoms with Gasteiger partial charge < -0.3 is 4.90 Å². The summed E-state index contributed by atoms with van der Waals surface area (Å²) in [5, 5.41) is 10.4. The van der Waals surface area contributed by atoms with Crippen LogP contribution in [0.2, 0.25) is 0 Å². The fraction of sp³-hybridized carbons (Fsp3) is 0.400. The van der Waals surface area contributed by atoms with Crippen molar-refractivity contribution >= 4 is 17.0 Å². The Morgan fingerprint density at radius 3 is 2.78 bits per heavy atom. The molecule has 4 nitrogen and oxygen atoms in total. The van der Waals surface area contributed by atoms with Crippen LogP contribution in [-0.4, -0.2) is 23.1 Å². The van der Waals surface area contributed by atoms with Crippen molar-refractivity contribution in [2.45, 2.75) is 24.9 Å². The molecule has 1 aliphatic heterocycles. The van der Waals surface area contributed by atoms with Crippen molar-refractivity contribution in [2.75, 3.05) is 18.0 Å². The summed E-state index contributed by atoms with van der Waals surface area (Å²) in [5.41, 5.74) is 0.410. The van der Waals surface area contributed by atoms with E-state index in [2.05, 4.69) is 14.9 Å². The van der Waals surface area contributed by atoms with Crippen LogP contribution in [0.3, 0.4) is 0 Å². The first kappa shape index (κ1) is 15.7. The Bertz CT molecular complexity index is 718.